The van der Waals surface area contributed by atoms with E-state index in [-0.39, 0.29) is 12.5 Å². The van der Waals surface area contributed by atoms with Gasteiger partial charge in [-0.05, 0) is 29.8 Å². The summed E-state index contributed by atoms with van der Waals surface area (Å²) in [6.07, 6.45) is 0. The average molecular weight is 315 g/mol. The molecule has 0 radical (unpaired) electrons. The van der Waals surface area contributed by atoms with E-state index in [2.05, 4.69) is 5.32 Å². The van der Waals surface area contributed by atoms with Gasteiger partial charge >= 0.3 is 0 Å². The largest absolute Gasteiger partial charge is 0.497 e. The second kappa shape index (κ2) is 9.48. The van der Waals surface area contributed by atoms with Crippen molar-refractivity contribution in [3.05, 3.63) is 60.2 Å². The van der Waals surface area contributed by atoms with Crippen LogP contribution < -0.4 is 14.8 Å². The summed E-state index contributed by atoms with van der Waals surface area (Å²) in [5.41, 5.74) is 1.11. The second-order valence-electron chi connectivity index (χ2n) is 4.85. The first-order valence-electron chi connectivity index (χ1n) is 7.43. The normalized spacial score (nSPS) is 10.1. The predicted molar refractivity (Wildman–Crippen MR) is 87.6 cm³/mol. The molecule has 122 valence electrons. The molecule has 0 aliphatic heterocycles. The topological polar surface area (TPSA) is 56.8 Å². The fourth-order valence-corrected chi connectivity index (χ4v) is 1.90. The molecule has 23 heavy (non-hydrogen) atoms. The lowest BCUT2D eigenvalue weighted by molar-refractivity contribution is -0.123. The van der Waals surface area contributed by atoms with Gasteiger partial charge in [0.1, 0.15) is 11.5 Å². The van der Waals surface area contributed by atoms with Crippen molar-refractivity contribution in [3.63, 3.8) is 0 Å². The molecule has 0 heterocycles. The quantitative estimate of drug-likeness (QED) is 0.722. The van der Waals surface area contributed by atoms with E-state index in [0.29, 0.717) is 25.5 Å². The standard InChI is InChI=1S/C18H21NO4/c1-21-16-7-9-17(10-8-16)23-14-18(20)19-11-12-22-13-15-5-3-2-4-6-15/h2-10H,11-14H2,1H3,(H,19,20). The highest BCUT2D eigenvalue weighted by Crippen LogP contribution is 2.16. The van der Waals surface area contributed by atoms with Crippen LogP contribution in [-0.2, 0) is 16.1 Å². The first-order valence-corrected chi connectivity index (χ1v) is 7.43. The predicted octanol–water partition coefficient (Wildman–Crippen LogP) is 2.41. The molecule has 0 spiro atoms. The smallest absolute Gasteiger partial charge is 0.258 e. The molecule has 2 rings (SSSR count). The zero-order valence-corrected chi connectivity index (χ0v) is 13.2. The van der Waals surface area contributed by atoms with Crippen LogP contribution >= 0.6 is 0 Å². The summed E-state index contributed by atoms with van der Waals surface area (Å²) in [7, 11) is 1.60. The Kier molecular flexibility index (Phi) is 6.94. The first kappa shape index (κ1) is 16.8. The number of nitrogens with one attached hydrogen (secondary N) is 1. The van der Waals surface area contributed by atoms with Crippen molar-refractivity contribution in [2.45, 2.75) is 6.61 Å². The third kappa shape index (κ3) is 6.40. The Balaban J connectivity index is 1.56. The molecule has 1 N–H and O–H groups in total. The molecule has 5 heteroatoms. The molecule has 1 amide bonds. The first-order chi connectivity index (χ1) is 11.3. The molecule has 0 fully saturated rings. The Labute approximate surface area is 136 Å². The van der Waals surface area contributed by atoms with E-state index in [9.17, 15) is 4.79 Å². The molecule has 0 aliphatic carbocycles. The van der Waals surface area contributed by atoms with Gasteiger partial charge in [-0.3, -0.25) is 4.79 Å². The Hall–Kier alpha value is -2.53. The number of rotatable bonds is 9. The Morgan fingerprint density at radius 2 is 1.70 bits per heavy atom. The fourth-order valence-electron chi connectivity index (χ4n) is 1.90. The van der Waals surface area contributed by atoms with Crippen molar-refractivity contribution in [2.24, 2.45) is 0 Å². The summed E-state index contributed by atoms with van der Waals surface area (Å²) in [5.74, 6) is 1.20. The van der Waals surface area contributed by atoms with E-state index in [4.69, 9.17) is 14.2 Å². The van der Waals surface area contributed by atoms with Crippen molar-refractivity contribution in [3.8, 4) is 11.5 Å². The number of carbonyl (C=O) groups excluding carboxylic acids is 1. The van der Waals surface area contributed by atoms with Gasteiger partial charge in [-0.25, -0.2) is 0 Å². The van der Waals surface area contributed by atoms with Crippen LogP contribution in [0.2, 0.25) is 0 Å². The zero-order chi connectivity index (χ0) is 16.3. The van der Waals surface area contributed by atoms with E-state index < -0.39 is 0 Å². The van der Waals surface area contributed by atoms with Crippen molar-refractivity contribution in [1.29, 1.82) is 0 Å². The molecule has 0 aromatic heterocycles. The lowest BCUT2D eigenvalue weighted by Gasteiger charge is -2.08. The number of ether oxygens (including phenoxy) is 3. The van der Waals surface area contributed by atoms with E-state index in [1.807, 2.05) is 30.3 Å². The van der Waals surface area contributed by atoms with Crippen LogP contribution in [-0.4, -0.2) is 32.8 Å². The Morgan fingerprint density at radius 3 is 2.39 bits per heavy atom. The SMILES string of the molecule is COc1ccc(OCC(=O)NCCOCc2ccccc2)cc1. The van der Waals surface area contributed by atoms with Gasteiger partial charge < -0.3 is 19.5 Å². The van der Waals surface area contributed by atoms with Gasteiger partial charge in [0.25, 0.3) is 5.91 Å². The highest BCUT2D eigenvalue weighted by atomic mass is 16.5. The fraction of sp³-hybridized carbons (Fsp3) is 0.278. The molecule has 0 unspecified atom stereocenters. The van der Waals surface area contributed by atoms with Gasteiger partial charge in [0, 0.05) is 6.54 Å². The minimum atomic E-state index is -0.177. The molecule has 5 nitrogen and oxygen atoms in total. The summed E-state index contributed by atoms with van der Waals surface area (Å²) in [6.45, 7) is 1.44. The van der Waals surface area contributed by atoms with Crippen molar-refractivity contribution >= 4 is 5.91 Å². The summed E-state index contributed by atoms with van der Waals surface area (Å²) < 4.78 is 15.9. The molecule has 0 saturated heterocycles. The lowest BCUT2D eigenvalue weighted by Crippen LogP contribution is -2.31. The molecular formula is C18H21NO4. The van der Waals surface area contributed by atoms with Gasteiger partial charge in [0.2, 0.25) is 0 Å². The van der Waals surface area contributed by atoms with Gasteiger partial charge in [0.15, 0.2) is 6.61 Å². The maximum Gasteiger partial charge on any atom is 0.258 e. The minimum Gasteiger partial charge on any atom is -0.497 e. The van der Waals surface area contributed by atoms with Crippen LogP contribution in [0.5, 0.6) is 11.5 Å². The number of hydrogen-bond donors (Lipinski definition) is 1. The third-order valence-corrected chi connectivity index (χ3v) is 3.11. The van der Waals surface area contributed by atoms with Crippen LogP contribution in [0.1, 0.15) is 5.56 Å². The average Bonchev–Trinajstić information content (AvgIpc) is 2.61. The summed E-state index contributed by atoms with van der Waals surface area (Å²) in [4.78, 5) is 11.7. The van der Waals surface area contributed by atoms with Crippen molar-refractivity contribution in [2.75, 3.05) is 26.9 Å². The molecule has 2 aromatic rings. The summed E-state index contributed by atoms with van der Waals surface area (Å²) in [5, 5.41) is 2.75. The number of benzene rings is 2. The van der Waals surface area contributed by atoms with Crippen LogP contribution in [0, 0.1) is 0 Å². The third-order valence-electron chi connectivity index (χ3n) is 3.11. The molecule has 0 saturated carbocycles. The van der Waals surface area contributed by atoms with E-state index >= 15 is 0 Å². The highest BCUT2D eigenvalue weighted by molar-refractivity contribution is 5.77. The van der Waals surface area contributed by atoms with Crippen molar-refractivity contribution < 1.29 is 19.0 Å². The van der Waals surface area contributed by atoms with E-state index in [1.165, 1.54) is 0 Å². The number of amides is 1. The van der Waals surface area contributed by atoms with Gasteiger partial charge in [-0.2, -0.15) is 0 Å². The number of methoxy groups -OCH3 is 1. The van der Waals surface area contributed by atoms with Crippen LogP contribution in [0.25, 0.3) is 0 Å². The summed E-state index contributed by atoms with van der Waals surface area (Å²) in [6, 6.07) is 17.0. The van der Waals surface area contributed by atoms with E-state index in [1.54, 1.807) is 31.4 Å². The highest BCUT2D eigenvalue weighted by Gasteiger charge is 2.02. The Morgan fingerprint density at radius 1 is 1.00 bits per heavy atom. The van der Waals surface area contributed by atoms with Gasteiger partial charge in [0.05, 0.1) is 20.3 Å². The minimum absolute atomic E-state index is 0.0228. The van der Waals surface area contributed by atoms with Crippen LogP contribution in [0.3, 0.4) is 0 Å². The number of hydrogen-bond acceptors (Lipinski definition) is 4. The Bertz CT molecular complexity index is 584. The lowest BCUT2D eigenvalue weighted by atomic mass is 10.2. The maximum absolute atomic E-state index is 11.7. The molecule has 0 bridgehead atoms. The van der Waals surface area contributed by atoms with E-state index in [0.717, 1.165) is 11.3 Å². The van der Waals surface area contributed by atoms with Crippen LogP contribution in [0.4, 0.5) is 0 Å². The van der Waals surface area contributed by atoms with Crippen LogP contribution in [0.15, 0.2) is 54.6 Å². The maximum atomic E-state index is 11.7. The summed E-state index contributed by atoms with van der Waals surface area (Å²) >= 11 is 0. The monoisotopic (exact) mass is 315 g/mol. The molecule has 2 aromatic carbocycles. The zero-order valence-electron chi connectivity index (χ0n) is 13.2. The molecular weight excluding hydrogens is 294 g/mol. The second-order valence-corrected chi connectivity index (χ2v) is 4.85. The van der Waals surface area contributed by atoms with Crippen molar-refractivity contribution in [1.82, 2.24) is 5.32 Å². The van der Waals surface area contributed by atoms with Gasteiger partial charge in [-0.1, -0.05) is 30.3 Å². The number of carbonyl (C=O) groups is 1. The molecule has 0 atom stereocenters. The van der Waals surface area contributed by atoms with Gasteiger partial charge in [-0.15, -0.1) is 0 Å². The molecule has 0 aliphatic rings.